The minimum absolute atomic E-state index is 0.0257. The van der Waals surface area contributed by atoms with Gasteiger partial charge in [-0.3, -0.25) is 38.9 Å². The third kappa shape index (κ3) is 18.8. The summed E-state index contributed by atoms with van der Waals surface area (Å²) in [6.45, 7) is 6.73. The van der Waals surface area contributed by atoms with Gasteiger partial charge in [0.05, 0.1) is 30.5 Å². The number of amides is 7. The summed E-state index contributed by atoms with van der Waals surface area (Å²) in [5, 5.41) is 104. The van der Waals surface area contributed by atoms with E-state index in [1.807, 2.05) is 0 Å². The molecule has 4 rings (SSSR count). The number of unbranched alkanes of at least 4 members (excludes halogenated alkanes) is 5. The van der Waals surface area contributed by atoms with Crippen molar-refractivity contribution in [2.75, 3.05) is 32.7 Å². The molecule has 1 aromatic rings. The molecule has 3 saturated heterocycles. The van der Waals surface area contributed by atoms with Crippen LogP contribution >= 0.6 is 0 Å². The van der Waals surface area contributed by atoms with Crippen LogP contribution in [0.2, 0.25) is 0 Å². The van der Waals surface area contributed by atoms with Crippen LogP contribution in [0, 0.1) is 11.8 Å². The number of aliphatic hydroxyl groups excluding tert-OH is 7. The van der Waals surface area contributed by atoms with E-state index >= 15 is 0 Å². The molecule has 1 aromatic carbocycles. The van der Waals surface area contributed by atoms with E-state index in [1.54, 1.807) is 0 Å². The first kappa shape index (κ1) is 64.4. The smallest absolute Gasteiger partial charge is 0.248 e. The van der Waals surface area contributed by atoms with E-state index in [9.17, 15) is 74.4 Å². The minimum Gasteiger partial charge on any atom is -0.508 e. The van der Waals surface area contributed by atoms with Crippen molar-refractivity contribution in [3.63, 3.8) is 0 Å². The Kier molecular flexibility index (Phi) is 26.4. The zero-order chi connectivity index (χ0) is 57.1. The van der Waals surface area contributed by atoms with Gasteiger partial charge in [-0.25, -0.2) is 0 Å². The van der Waals surface area contributed by atoms with Gasteiger partial charge in [-0.1, -0.05) is 77.8 Å². The summed E-state index contributed by atoms with van der Waals surface area (Å²) < 4.78 is 0. The maximum atomic E-state index is 14.6. The van der Waals surface area contributed by atoms with Crippen molar-refractivity contribution >= 4 is 41.4 Å². The van der Waals surface area contributed by atoms with Gasteiger partial charge in [-0.2, -0.15) is 0 Å². The maximum Gasteiger partial charge on any atom is 0.248 e. The molecule has 25 nitrogen and oxygen atoms in total. The number of aliphatic hydroxyl groups is 7. The molecule has 3 fully saturated rings. The molecule has 0 bridgehead atoms. The Morgan fingerprint density at radius 3 is 1.97 bits per heavy atom. The predicted octanol–water partition coefficient (Wildman–Crippen LogP) is -3.31. The van der Waals surface area contributed by atoms with E-state index in [-0.39, 0.29) is 56.8 Å². The standard InChI is InChI=1S/C52H88N10O15/c1-5-28(2)24-29(3)12-10-8-6-7-9-11-13-39(69)56-34-26-38(68)46(55-22-21-54)60-50(75)43-37(67)19-23-61(43)52(77)41(36(66)18-20-53)58-49(74)42(45(71)44(70)31-14-16-32(64)17-15-31)59-48(73)35-25-33(65)27-62(35)51(76)40(30(4)63)57-47(34)72/h14-17,28-30,33-38,40-46,55,63-68,70-71H,5-13,18-27,53-54H2,1-4H3,(H,56,69)(H,57,72)(H,58,74)(H,59,73)(H,60,75)/t28-,29+,30+,33+,34?,35-,36+,37-,38+,40-,41-,42-,43-,44-,45-,46-/m0/s1. The highest BCUT2D eigenvalue weighted by atomic mass is 16.3. The van der Waals surface area contributed by atoms with Gasteiger partial charge in [-0.05, 0) is 68.7 Å². The molecule has 25 heteroatoms. The van der Waals surface area contributed by atoms with Gasteiger partial charge in [0.2, 0.25) is 41.4 Å². The van der Waals surface area contributed by atoms with Gasteiger partial charge in [-0.15, -0.1) is 0 Å². The number of phenolic OH excluding ortho intramolecular Hbond substituents is 1. The van der Waals surface area contributed by atoms with Crippen molar-refractivity contribution in [1.82, 2.24) is 41.7 Å². The van der Waals surface area contributed by atoms with E-state index in [0.717, 1.165) is 55.2 Å². The number of carbonyl (C=O) groups excluding carboxylic acids is 7. The molecule has 0 radical (unpaired) electrons. The van der Waals surface area contributed by atoms with E-state index in [4.69, 9.17) is 11.5 Å². The fourth-order valence-corrected chi connectivity index (χ4v) is 10.2. The molecule has 1 unspecified atom stereocenters. The Morgan fingerprint density at radius 2 is 1.34 bits per heavy atom. The molecule has 0 spiro atoms. The fourth-order valence-electron chi connectivity index (χ4n) is 10.2. The number of aromatic hydroxyl groups is 1. The number of nitrogens with zero attached hydrogens (tertiary/aromatic N) is 2. The number of nitrogens with two attached hydrogens (primary N) is 2. The molecular formula is C52H88N10O15. The van der Waals surface area contributed by atoms with Crippen molar-refractivity contribution in [1.29, 1.82) is 0 Å². The van der Waals surface area contributed by atoms with E-state index in [2.05, 4.69) is 52.7 Å². The van der Waals surface area contributed by atoms with E-state index in [1.165, 1.54) is 30.7 Å². The van der Waals surface area contributed by atoms with Crippen molar-refractivity contribution < 1.29 is 74.4 Å². The molecule has 0 aliphatic carbocycles. The summed E-state index contributed by atoms with van der Waals surface area (Å²) in [4.78, 5) is 102. The fraction of sp³-hybridized carbons (Fsp3) is 0.750. The Balaban J connectivity index is 1.73. The van der Waals surface area contributed by atoms with Crippen molar-refractivity contribution in [3.8, 4) is 5.75 Å². The highest BCUT2D eigenvalue weighted by Crippen LogP contribution is 2.27. The summed E-state index contributed by atoms with van der Waals surface area (Å²) in [6, 6.07) is -6.40. The Morgan fingerprint density at radius 1 is 0.714 bits per heavy atom. The number of hydrogen-bond donors (Lipinski definition) is 16. The van der Waals surface area contributed by atoms with Crippen LogP contribution in [0.4, 0.5) is 0 Å². The molecule has 3 aliphatic rings. The van der Waals surface area contributed by atoms with Crippen LogP contribution < -0.4 is 43.4 Å². The van der Waals surface area contributed by atoms with E-state index in [0.29, 0.717) is 24.7 Å². The van der Waals surface area contributed by atoms with Gasteiger partial charge in [0, 0.05) is 45.4 Å². The second-order valence-corrected chi connectivity index (χ2v) is 21.3. The Bertz CT molecular complexity index is 2070. The average Bonchev–Trinajstić information content (AvgIpc) is 3.99. The SMILES string of the molecule is CC[C@H](C)C[C@H](C)CCCCCCCCC(=O)NC1C[C@@H](O)[C@@H](NCCN)NC(=O)[C@@H]2[C@@H](O)CCN2C(=O)[C@H]([C@H](O)CCN)NC(=O)[C@H]([C@H](O)[C@@H](O)c2ccc(O)cc2)NC(=O)[C@@H]2C[C@@H](O)CN2C(=O)[C@H]([C@@H](C)O)NC1=O. The topological polar surface area (TPSA) is 412 Å². The molecule has 77 heavy (non-hydrogen) atoms. The number of nitrogens with one attached hydrogen (secondary N) is 6. The predicted molar refractivity (Wildman–Crippen MR) is 280 cm³/mol. The number of hydrogen-bond acceptors (Lipinski definition) is 18. The number of fused-ring (bicyclic) bond motifs is 2. The largest absolute Gasteiger partial charge is 0.508 e. The third-order valence-electron chi connectivity index (χ3n) is 14.9. The molecule has 3 heterocycles. The molecule has 0 aromatic heterocycles. The van der Waals surface area contributed by atoms with Gasteiger partial charge in [0.15, 0.2) is 0 Å². The van der Waals surface area contributed by atoms with Crippen molar-refractivity contribution in [2.45, 2.75) is 203 Å². The second kappa shape index (κ2) is 31.5. The maximum absolute atomic E-state index is 14.6. The summed E-state index contributed by atoms with van der Waals surface area (Å²) in [5.41, 5.74) is 11.5. The summed E-state index contributed by atoms with van der Waals surface area (Å²) in [5.74, 6) is -6.43. The van der Waals surface area contributed by atoms with Gasteiger partial charge >= 0.3 is 0 Å². The Labute approximate surface area is 450 Å². The summed E-state index contributed by atoms with van der Waals surface area (Å²) in [6.07, 6.45) is -6.95. The average molecular weight is 1090 g/mol. The monoisotopic (exact) mass is 1090 g/mol. The van der Waals surface area contributed by atoms with Crippen molar-refractivity contribution in [2.24, 2.45) is 23.3 Å². The molecule has 7 amide bonds. The Hall–Kier alpha value is -5.09. The summed E-state index contributed by atoms with van der Waals surface area (Å²) in [7, 11) is 0. The van der Waals surface area contributed by atoms with Crippen LogP contribution in [-0.2, 0) is 33.6 Å². The van der Waals surface area contributed by atoms with Crippen LogP contribution in [0.1, 0.15) is 129 Å². The number of rotatable bonds is 23. The first-order valence-electron chi connectivity index (χ1n) is 27.3. The number of benzene rings is 1. The zero-order valence-electron chi connectivity index (χ0n) is 45.0. The van der Waals surface area contributed by atoms with Crippen molar-refractivity contribution in [3.05, 3.63) is 29.8 Å². The lowest BCUT2D eigenvalue weighted by molar-refractivity contribution is -0.148. The highest BCUT2D eigenvalue weighted by molar-refractivity contribution is 5.98. The minimum atomic E-state index is -2.28. The molecule has 3 aliphatic heterocycles. The van der Waals surface area contributed by atoms with Gasteiger partial charge < -0.3 is 88.7 Å². The quantitative estimate of drug-likeness (QED) is 0.0477. The normalized spacial score (nSPS) is 28.6. The molecular weight excluding hydrogens is 1000 g/mol. The zero-order valence-corrected chi connectivity index (χ0v) is 45.0. The first-order chi connectivity index (χ1) is 36.5. The van der Waals surface area contributed by atoms with Crippen LogP contribution in [0.5, 0.6) is 5.75 Å². The number of phenols is 1. The third-order valence-corrected chi connectivity index (χ3v) is 14.9. The first-order valence-corrected chi connectivity index (χ1v) is 27.3. The van der Waals surface area contributed by atoms with Gasteiger partial charge in [0.1, 0.15) is 60.4 Å². The van der Waals surface area contributed by atoms with Crippen LogP contribution in [0.25, 0.3) is 0 Å². The highest BCUT2D eigenvalue weighted by Gasteiger charge is 2.49. The lowest BCUT2D eigenvalue weighted by atomic mass is 9.91. The summed E-state index contributed by atoms with van der Waals surface area (Å²) >= 11 is 0. The molecule has 18 N–H and O–H groups in total. The lowest BCUT2D eigenvalue weighted by Gasteiger charge is -2.35. The number of carbonyl (C=O) groups is 7. The lowest BCUT2D eigenvalue weighted by Crippen LogP contribution is -2.65. The molecule has 16 atom stereocenters. The van der Waals surface area contributed by atoms with Crippen LogP contribution in [0.3, 0.4) is 0 Å². The van der Waals surface area contributed by atoms with E-state index < -0.39 is 146 Å². The van der Waals surface area contributed by atoms with Crippen LogP contribution in [-0.4, -0.2) is 204 Å². The van der Waals surface area contributed by atoms with Gasteiger partial charge in [0.25, 0.3) is 0 Å². The molecule has 436 valence electrons. The van der Waals surface area contributed by atoms with Crippen LogP contribution in [0.15, 0.2) is 24.3 Å². The molecule has 0 saturated carbocycles. The second-order valence-electron chi connectivity index (χ2n) is 21.3.